The quantitative estimate of drug-likeness (QED) is 0.136. The van der Waals surface area contributed by atoms with Gasteiger partial charge in [-0.15, -0.1) is 0 Å². The van der Waals surface area contributed by atoms with Crippen LogP contribution in [-0.4, -0.2) is 24.0 Å². The van der Waals surface area contributed by atoms with Gasteiger partial charge in [-0.05, 0) is 66.7 Å². The highest BCUT2D eigenvalue weighted by Crippen LogP contribution is 2.23. The lowest BCUT2D eigenvalue weighted by atomic mass is 10.1. The minimum atomic E-state index is -0.504. The van der Waals surface area contributed by atoms with Crippen LogP contribution < -0.4 is 15.5 Å². The Kier molecular flexibility index (Phi) is 8.00. The molecule has 0 radical (unpaired) electrons. The van der Waals surface area contributed by atoms with Crippen LogP contribution in [0.5, 0.6) is 5.75 Å². The fourth-order valence-electron chi connectivity index (χ4n) is 3.17. The molecule has 2 N–H and O–H groups in total. The number of hydrogen-bond acceptors (Lipinski definition) is 5. The lowest BCUT2D eigenvalue weighted by Crippen LogP contribution is -2.18. The molecule has 0 saturated heterocycles. The molecule has 7 nitrogen and oxygen atoms in total. The number of hydrazone groups is 1. The average Bonchev–Trinajstić information content (AvgIpc) is 2.91. The van der Waals surface area contributed by atoms with E-state index in [9.17, 15) is 14.4 Å². The number of carbonyl (C=O) groups is 3. The Balaban J connectivity index is 1.38. The Morgan fingerprint density at radius 2 is 1.33 bits per heavy atom. The summed E-state index contributed by atoms with van der Waals surface area (Å²) in [6.07, 6.45) is 1.39. The fourth-order valence-corrected chi connectivity index (χ4v) is 3.55. The number of nitrogens with zero attached hydrogens (tertiary/aromatic N) is 1. The maximum Gasteiger partial charge on any atom is 0.343 e. The first-order valence-electron chi connectivity index (χ1n) is 10.9. The summed E-state index contributed by atoms with van der Waals surface area (Å²) in [5.74, 6) is -0.889. The molecule has 36 heavy (non-hydrogen) atoms. The first-order chi connectivity index (χ1) is 17.5. The van der Waals surface area contributed by atoms with Crippen LogP contribution in [0, 0.1) is 0 Å². The van der Waals surface area contributed by atoms with Crippen molar-refractivity contribution in [2.75, 3.05) is 5.32 Å². The molecule has 4 aromatic carbocycles. The molecule has 0 aromatic heterocycles. The van der Waals surface area contributed by atoms with Crippen molar-refractivity contribution >= 4 is 45.6 Å². The molecule has 0 aliphatic heterocycles. The maximum atomic E-state index is 12.5. The van der Waals surface area contributed by atoms with Gasteiger partial charge in [0.25, 0.3) is 11.8 Å². The average molecular weight is 542 g/mol. The molecular weight excluding hydrogens is 522 g/mol. The van der Waals surface area contributed by atoms with Crippen LogP contribution in [0.4, 0.5) is 5.69 Å². The predicted octanol–water partition coefficient (Wildman–Crippen LogP) is 5.68. The SMILES string of the molecule is O=C(NN=Cc1cc(Br)ccc1OC(=O)c1ccccc1)c1ccc(NC(=O)c2ccccc2)cc1. The van der Waals surface area contributed by atoms with E-state index in [1.807, 2.05) is 12.1 Å². The van der Waals surface area contributed by atoms with Gasteiger partial charge in [-0.3, -0.25) is 9.59 Å². The monoisotopic (exact) mass is 541 g/mol. The summed E-state index contributed by atoms with van der Waals surface area (Å²) in [5.41, 5.74) is 4.81. The number of carbonyl (C=O) groups excluding carboxylic acids is 3. The second kappa shape index (κ2) is 11.7. The van der Waals surface area contributed by atoms with Crippen LogP contribution in [0.1, 0.15) is 36.6 Å². The van der Waals surface area contributed by atoms with Crippen molar-refractivity contribution in [3.8, 4) is 5.75 Å². The Bertz CT molecular complexity index is 1410. The zero-order valence-corrected chi connectivity index (χ0v) is 20.4. The lowest BCUT2D eigenvalue weighted by Gasteiger charge is -2.08. The number of hydrogen-bond donors (Lipinski definition) is 2. The van der Waals surface area contributed by atoms with Crippen LogP contribution in [0.25, 0.3) is 0 Å². The molecule has 4 rings (SSSR count). The summed E-state index contributed by atoms with van der Waals surface area (Å²) in [6.45, 7) is 0. The first-order valence-corrected chi connectivity index (χ1v) is 11.7. The smallest absolute Gasteiger partial charge is 0.343 e. The largest absolute Gasteiger partial charge is 0.422 e. The number of amides is 2. The summed E-state index contributed by atoms with van der Waals surface area (Å²) < 4.78 is 6.26. The molecule has 0 aliphatic carbocycles. The van der Waals surface area contributed by atoms with Gasteiger partial charge in [-0.1, -0.05) is 52.3 Å². The Hall–Kier alpha value is -4.56. The van der Waals surface area contributed by atoms with E-state index in [1.165, 1.54) is 6.21 Å². The highest BCUT2D eigenvalue weighted by Gasteiger charge is 2.12. The molecule has 0 bridgehead atoms. The third-order valence-corrected chi connectivity index (χ3v) is 5.49. The molecule has 178 valence electrons. The van der Waals surface area contributed by atoms with Crippen molar-refractivity contribution in [2.24, 2.45) is 5.10 Å². The molecule has 0 atom stereocenters. The first kappa shape index (κ1) is 24.6. The van der Waals surface area contributed by atoms with Crippen molar-refractivity contribution < 1.29 is 19.1 Å². The number of rotatable bonds is 7. The number of ether oxygens (including phenoxy) is 1. The second-order valence-electron chi connectivity index (χ2n) is 7.53. The van der Waals surface area contributed by atoms with E-state index in [1.54, 1.807) is 91.0 Å². The highest BCUT2D eigenvalue weighted by molar-refractivity contribution is 9.10. The van der Waals surface area contributed by atoms with E-state index < -0.39 is 11.9 Å². The van der Waals surface area contributed by atoms with Crippen LogP contribution in [0.3, 0.4) is 0 Å². The standard InChI is InChI=1S/C28H20BrN3O4/c29-23-13-16-25(36-28(35)21-9-5-2-6-10-21)22(17-23)18-30-32-27(34)20-11-14-24(15-12-20)31-26(33)19-7-3-1-4-8-19/h1-18H,(H,31,33)(H,32,34). The Morgan fingerprint density at radius 1 is 0.722 bits per heavy atom. The number of anilines is 1. The van der Waals surface area contributed by atoms with Crippen LogP contribution >= 0.6 is 15.9 Å². The van der Waals surface area contributed by atoms with E-state index in [0.717, 1.165) is 4.47 Å². The third-order valence-electron chi connectivity index (χ3n) is 4.99. The van der Waals surface area contributed by atoms with Crippen LogP contribution in [-0.2, 0) is 0 Å². The predicted molar refractivity (Wildman–Crippen MR) is 141 cm³/mol. The van der Waals surface area contributed by atoms with Crippen molar-refractivity contribution in [1.29, 1.82) is 0 Å². The Labute approximate surface area is 215 Å². The van der Waals surface area contributed by atoms with Crippen LogP contribution in [0.2, 0.25) is 0 Å². The zero-order chi connectivity index (χ0) is 25.3. The number of halogens is 1. The van der Waals surface area contributed by atoms with E-state index in [-0.39, 0.29) is 5.91 Å². The molecule has 0 fully saturated rings. The van der Waals surface area contributed by atoms with Gasteiger partial charge in [0.05, 0.1) is 11.8 Å². The second-order valence-corrected chi connectivity index (χ2v) is 8.45. The van der Waals surface area contributed by atoms with E-state index >= 15 is 0 Å². The van der Waals surface area contributed by atoms with Crippen molar-refractivity contribution in [3.63, 3.8) is 0 Å². The van der Waals surface area contributed by atoms with Gasteiger partial charge in [0, 0.05) is 26.9 Å². The van der Waals surface area contributed by atoms with Crippen molar-refractivity contribution in [3.05, 3.63) is 130 Å². The van der Waals surface area contributed by atoms with E-state index in [0.29, 0.717) is 33.7 Å². The summed E-state index contributed by atoms with van der Waals surface area (Å²) in [7, 11) is 0. The molecule has 8 heteroatoms. The minimum absolute atomic E-state index is 0.241. The zero-order valence-electron chi connectivity index (χ0n) is 18.9. The summed E-state index contributed by atoms with van der Waals surface area (Å²) >= 11 is 3.38. The van der Waals surface area contributed by atoms with Gasteiger partial charge in [0.2, 0.25) is 0 Å². The van der Waals surface area contributed by atoms with Crippen LogP contribution in [0.15, 0.2) is 113 Å². The maximum absolute atomic E-state index is 12.5. The molecule has 0 saturated carbocycles. The summed E-state index contributed by atoms with van der Waals surface area (Å²) in [6, 6.07) is 29.0. The fraction of sp³-hybridized carbons (Fsp3) is 0. The van der Waals surface area contributed by atoms with Gasteiger partial charge in [-0.2, -0.15) is 5.10 Å². The number of benzene rings is 4. The summed E-state index contributed by atoms with van der Waals surface area (Å²) in [4.78, 5) is 37.2. The molecule has 4 aromatic rings. The van der Waals surface area contributed by atoms with Gasteiger partial charge >= 0.3 is 5.97 Å². The van der Waals surface area contributed by atoms with E-state index in [2.05, 4.69) is 31.8 Å². The number of nitrogens with one attached hydrogen (secondary N) is 2. The van der Waals surface area contributed by atoms with Gasteiger partial charge in [0.1, 0.15) is 5.75 Å². The molecule has 0 heterocycles. The van der Waals surface area contributed by atoms with E-state index in [4.69, 9.17) is 4.74 Å². The molecular formula is C28H20BrN3O4. The number of esters is 1. The molecule has 0 unspecified atom stereocenters. The normalized spacial score (nSPS) is 10.6. The van der Waals surface area contributed by atoms with Gasteiger partial charge < -0.3 is 10.1 Å². The highest BCUT2D eigenvalue weighted by atomic mass is 79.9. The van der Waals surface area contributed by atoms with Gasteiger partial charge in [0.15, 0.2) is 0 Å². The van der Waals surface area contributed by atoms with Gasteiger partial charge in [-0.25, -0.2) is 10.2 Å². The lowest BCUT2D eigenvalue weighted by molar-refractivity contribution is 0.0734. The third kappa shape index (κ3) is 6.52. The summed E-state index contributed by atoms with van der Waals surface area (Å²) in [5, 5.41) is 6.79. The molecule has 2 amide bonds. The topological polar surface area (TPSA) is 96.9 Å². The molecule has 0 aliphatic rings. The van der Waals surface area contributed by atoms with Crippen molar-refractivity contribution in [1.82, 2.24) is 5.43 Å². The van der Waals surface area contributed by atoms with Crippen molar-refractivity contribution in [2.45, 2.75) is 0 Å². The Morgan fingerprint density at radius 3 is 2.00 bits per heavy atom. The molecule has 0 spiro atoms. The minimum Gasteiger partial charge on any atom is -0.422 e.